The summed E-state index contributed by atoms with van der Waals surface area (Å²) in [4.78, 5) is 0.000253. The van der Waals surface area contributed by atoms with Gasteiger partial charge in [-0.15, -0.1) is 0 Å². The molecule has 1 aliphatic carbocycles. The summed E-state index contributed by atoms with van der Waals surface area (Å²) in [5.74, 6) is -0.198. The third kappa shape index (κ3) is 3.09. The first-order valence-electron chi connectivity index (χ1n) is 6.27. The molecule has 0 heterocycles. The Kier molecular flexibility index (Phi) is 4.02. The minimum absolute atomic E-state index is 0.000253. The second-order valence-electron chi connectivity index (χ2n) is 4.95. The molecule has 1 saturated carbocycles. The zero-order valence-electron chi connectivity index (χ0n) is 10.4. The van der Waals surface area contributed by atoms with E-state index in [4.69, 9.17) is 0 Å². The maximum Gasteiger partial charge on any atom is 0.240 e. The predicted octanol–water partition coefficient (Wildman–Crippen LogP) is 2.68. The van der Waals surface area contributed by atoms with Crippen molar-refractivity contribution in [1.82, 2.24) is 4.72 Å². The summed E-state index contributed by atoms with van der Waals surface area (Å²) in [5, 5.41) is 0. The van der Waals surface area contributed by atoms with Gasteiger partial charge in [0.05, 0.1) is 4.90 Å². The second-order valence-corrected chi connectivity index (χ2v) is 6.66. The van der Waals surface area contributed by atoms with Gasteiger partial charge in [-0.2, -0.15) is 0 Å². The Hall–Kier alpha value is -0.940. The number of sulfonamides is 1. The molecule has 2 rings (SSSR count). The fraction of sp³-hybridized carbons (Fsp3) is 0.538. The quantitative estimate of drug-likeness (QED) is 0.918. The van der Waals surface area contributed by atoms with E-state index in [1.165, 1.54) is 18.2 Å². The monoisotopic (exact) mass is 271 g/mol. The number of rotatable bonds is 3. The minimum atomic E-state index is -3.61. The molecule has 0 aromatic heterocycles. The normalized spacial score (nSPS) is 25.0. The highest BCUT2D eigenvalue weighted by atomic mass is 32.2. The molecule has 18 heavy (non-hydrogen) atoms. The molecular formula is C13H18FNO2S. The third-order valence-corrected chi connectivity index (χ3v) is 5.01. The summed E-state index contributed by atoms with van der Waals surface area (Å²) in [6, 6.07) is 5.08. The second kappa shape index (κ2) is 5.36. The van der Waals surface area contributed by atoms with Gasteiger partial charge in [0.25, 0.3) is 0 Å². The molecule has 100 valence electrons. The van der Waals surface area contributed by atoms with Crippen molar-refractivity contribution < 1.29 is 12.8 Å². The van der Waals surface area contributed by atoms with Crippen molar-refractivity contribution in [2.45, 2.75) is 43.5 Å². The largest absolute Gasteiger partial charge is 0.240 e. The number of hydrogen-bond acceptors (Lipinski definition) is 2. The van der Waals surface area contributed by atoms with Gasteiger partial charge < -0.3 is 0 Å². The fourth-order valence-corrected chi connectivity index (χ4v) is 3.80. The van der Waals surface area contributed by atoms with Crippen LogP contribution in [0.15, 0.2) is 29.2 Å². The van der Waals surface area contributed by atoms with E-state index in [1.807, 2.05) is 0 Å². The van der Waals surface area contributed by atoms with Crippen molar-refractivity contribution in [1.29, 1.82) is 0 Å². The van der Waals surface area contributed by atoms with Gasteiger partial charge in [-0.1, -0.05) is 25.8 Å². The van der Waals surface area contributed by atoms with E-state index in [2.05, 4.69) is 11.6 Å². The molecule has 0 amide bonds. The first kappa shape index (κ1) is 13.5. The van der Waals surface area contributed by atoms with Crippen LogP contribution in [-0.4, -0.2) is 14.5 Å². The lowest BCUT2D eigenvalue weighted by molar-refractivity contribution is 0.310. The van der Waals surface area contributed by atoms with Gasteiger partial charge in [0.1, 0.15) is 5.82 Å². The summed E-state index contributed by atoms with van der Waals surface area (Å²) >= 11 is 0. The maximum absolute atomic E-state index is 13.1. The standard InChI is InChI=1S/C13H18FNO2S/c1-10-5-2-3-8-13(10)15-18(16,17)12-7-4-6-11(14)9-12/h4,6-7,9-10,13,15H,2-3,5,8H2,1H3/t10-,13-/m1/s1. The molecule has 1 aliphatic rings. The number of nitrogens with one attached hydrogen (secondary N) is 1. The predicted molar refractivity (Wildman–Crippen MR) is 68.1 cm³/mol. The van der Waals surface area contributed by atoms with Gasteiger partial charge >= 0.3 is 0 Å². The lowest BCUT2D eigenvalue weighted by atomic mass is 9.87. The minimum Gasteiger partial charge on any atom is -0.208 e. The highest BCUT2D eigenvalue weighted by Crippen LogP contribution is 2.25. The van der Waals surface area contributed by atoms with E-state index < -0.39 is 15.8 Å². The summed E-state index contributed by atoms with van der Waals surface area (Å²) < 4.78 is 40.0. The van der Waals surface area contributed by atoms with Crippen LogP contribution in [0, 0.1) is 11.7 Å². The molecule has 2 atom stereocenters. The zero-order valence-corrected chi connectivity index (χ0v) is 11.2. The lowest BCUT2D eigenvalue weighted by Crippen LogP contribution is -2.40. The van der Waals surface area contributed by atoms with Gasteiger partial charge in [0.2, 0.25) is 10.0 Å². The molecule has 0 unspecified atom stereocenters. The summed E-state index contributed by atoms with van der Waals surface area (Å²) in [6.45, 7) is 2.05. The van der Waals surface area contributed by atoms with Crippen LogP contribution in [0.2, 0.25) is 0 Å². The molecule has 0 bridgehead atoms. The van der Waals surface area contributed by atoms with Crippen molar-refractivity contribution in [2.75, 3.05) is 0 Å². The maximum atomic E-state index is 13.1. The molecule has 5 heteroatoms. The van der Waals surface area contributed by atoms with Gasteiger partial charge in [0.15, 0.2) is 0 Å². The molecular weight excluding hydrogens is 253 g/mol. The number of halogens is 1. The van der Waals surface area contributed by atoms with Crippen LogP contribution < -0.4 is 4.72 Å². The summed E-state index contributed by atoms with van der Waals surface area (Å²) in [7, 11) is -3.61. The zero-order chi connectivity index (χ0) is 13.2. The average Bonchev–Trinajstić information content (AvgIpc) is 2.32. The Balaban J connectivity index is 2.16. The van der Waals surface area contributed by atoms with Crippen molar-refractivity contribution in [3.63, 3.8) is 0 Å². The van der Waals surface area contributed by atoms with E-state index in [9.17, 15) is 12.8 Å². The molecule has 0 saturated heterocycles. The molecule has 1 fully saturated rings. The Bertz CT molecular complexity index is 515. The highest BCUT2D eigenvalue weighted by Gasteiger charge is 2.26. The van der Waals surface area contributed by atoms with Gasteiger partial charge in [-0.25, -0.2) is 17.5 Å². The van der Waals surface area contributed by atoms with Crippen LogP contribution in [-0.2, 0) is 10.0 Å². The van der Waals surface area contributed by atoms with Gasteiger partial charge in [0, 0.05) is 6.04 Å². The molecule has 1 aromatic carbocycles. The number of benzene rings is 1. The Morgan fingerprint density at radius 1 is 1.28 bits per heavy atom. The van der Waals surface area contributed by atoms with Crippen LogP contribution in [0.3, 0.4) is 0 Å². The van der Waals surface area contributed by atoms with Gasteiger partial charge in [-0.3, -0.25) is 0 Å². The van der Waals surface area contributed by atoms with E-state index >= 15 is 0 Å². The molecule has 3 nitrogen and oxygen atoms in total. The van der Waals surface area contributed by atoms with Crippen molar-refractivity contribution in [3.8, 4) is 0 Å². The fourth-order valence-electron chi connectivity index (χ4n) is 2.39. The Morgan fingerprint density at radius 3 is 2.67 bits per heavy atom. The first-order chi connectivity index (χ1) is 8.49. The first-order valence-corrected chi connectivity index (χ1v) is 7.75. The van der Waals surface area contributed by atoms with E-state index in [0.717, 1.165) is 31.7 Å². The summed E-state index contributed by atoms with van der Waals surface area (Å²) in [5.41, 5.74) is 0. The molecule has 0 aliphatic heterocycles. The molecule has 1 N–H and O–H groups in total. The van der Waals surface area contributed by atoms with Crippen LogP contribution >= 0.6 is 0 Å². The Labute approximate surface area is 107 Å². The van der Waals surface area contributed by atoms with Crippen LogP contribution in [0.5, 0.6) is 0 Å². The Morgan fingerprint density at radius 2 is 2.00 bits per heavy atom. The van der Waals surface area contributed by atoms with Crippen molar-refractivity contribution in [2.24, 2.45) is 5.92 Å². The van der Waals surface area contributed by atoms with Crippen LogP contribution in [0.25, 0.3) is 0 Å². The molecule has 1 aromatic rings. The number of hydrogen-bond donors (Lipinski definition) is 1. The van der Waals surface area contributed by atoms with E-state index in [1.54, 1.807) is 0 Å². The topological polar surface area (TPSA) is 46.2 Å². The van der Waals surface area contributed by atoms with E-state index in [0.29, 0.717) is 5.92 Å². The molecule has 0 radical (unpaired) electrons. The SMILES string of the molecule is C[C@@H]1CCCC[C@H]1NS(=O)(=O)c1cccc(F)c1. The highest BCUT2D eigenvalue weighted by molar-refractivity contribution is 7.89. The average molecular weight is 271 g/mol. The summed E-state index contributed by atoms with van der Waals surface area (Å²) in [6.07, 6.45) is 4.09. The third-order valence-electron chi connectivity index (χ3n) is 3.52. The van der Waals surface area contributed by atoms with Gasteiger partial charge in [-0.05, 0) is 37.0 Å². The molecule has 0 spiro atoms. The smallest absolute Gasteiger partial charge is 0.208 e. The van der Waals surface area contributed by atoms with Crippen molar-refractivity contribution in [3.05, 3.63) is 30.1 Å². The van der Waals surface area contributed by atoms with Crippen molar-refractivity contribution >= 4 is 10.0 Å². The van der Waals surface area contributed by atoms with E-state index in [-0.39, 0.29) is 10.9 Å². The van der Waals surface area contributed by atoms with Crippen LogP contribution in [0.1, 0.15) is 32.6 Å². The van der Waals surface area contributed by atoms with Crippen LogP contribution in [0.4, 0.5) is 4.39 Å². The lowest BCUT2D eigenvalue weighted by Gasteiger charge is -2.29.